The van der Waals surface area contributed by atoms with Crippen molar-refractivity contribution >= 4 is 5.84 Å². The summed E-state index contributed by atoms with van der Waals surface area (Å²) in [6, 6.07) is 38.2. The minimum atomic E-state index is 0.0373. The van der Waals surface area contributed by atoms with Gasteiger partial charge in [0.15, 0.2) is 0 Å². The van der Waals surface area contributed by atoms with Crippen LogP contribution in [0.3, 0.4) is 0 Å². The number of rotatable bonds is 4. The first-order chi connectivity index (χ1) is 15.3. The number of amidine groups is 1. The summed E-state index contributed by atoms with van der Waals surface area (Å²) in [4.78, 5) is 4.81. The molecule has 0 amide bonds. The Hall–Kier alpha value is -3.69. The molecule has 2 N–H and O–H groups in total. The Bertz CT molecular complexity index is 1180. The second-order valence-corrected chi connectivity index (χ2v) is 7.83. The summed E-state index contributed by atoms with van der Waals surface area (Å²) < 4.78 is 0. The first kappa shape index (κ1) is 19.3. The summed E-state index contributed by atoms with van der Waals surface area (Å²) in [7, 11) is 0. The minimum absolute atomic E-state index is 0.0373. The van der Waals surface area contributed by atoms with Gasteiger partial charge in [-0.05, 0) is 40.8 Å². The van der Waals surface area contributed by atoms with Gasteiger partial charge in [-0.15, -0.1) is 0 Å². The Morgan fingerprint density at radius 2 is 1.13 bits per heavy atom. The van der Waals surface area contributed by atoms with E-state index >= 15 is 0 Å². The van der Waals surface area contributed by atoms with Crippen LogP contribution in [0.4, 0.5) is 0 Å². The van der Waals surface area contributed by atoms with E-state index in [0.717, 1.165) is 11.4 Å². The lowest BCUT2D eigenvalue weighted by atomic mass is 9.99. The molecule has 31 heavy (non-hydrogen) atoms. The van der Waals surface area contributed by atoms with Gasteiger partial charge in [0.05, 0.1) is 0 Å². The predicted molar refractivity (Wildman–Crippen MR) is 129 cm³/mol. The van der Waals surface area contributed by atoms with Gasteiger partial charge >= 0.3 is 0 Å². The van der Waals surface area contributed by atoms with E-state index in [-0.39, 0.29) is 12.3 Å². The summed E-state index contributed by atoms with van der Waals surface area (Å²) in [5.41, 5.74) is 7.14. The first-order valence-corrected chi connectivity index (χ1v) is 10.7. The Morgan fingerprint density at radius 3 is 1.84 bits per heavy atom. The number of nitrogens with zero attached hydrogens (tertiary/aromatic N) is 1. The fraction of sp³-hybridized carbons (Fsp3) is 0.107. The molecule has 0 bridgehead atoms. The van der Waals surface area contributed by atoms with E-state index in [0.29, 0.717) is 0 Å². The third-order valence-electron chi connectivity index (χ3n) is 5.61. The van der Waals surface area contributed by atoms with Gasteiger partial charge in [0.2, 0.25) is 0 Å². The van der Waals surface area contributed by atoms with E-state index in [9.17, 15) is 0 Å². The summed E-state index contributed by atoms with van der Waals surface area (Å²) in [6.45, 7) is 2.09. The molecule has 3 nitrogen and oxygen atoms in total. The van der Waals surface area contributed by atoms with Crippen LogP contribution in [0, 0.1) is 0 Å². The average molecular weight is 404 g/mol. The summed E-state index contributed by atoms with van der Waals surface area (Å²) in [6.07, 6.45) is 0.0766. The van der Waals surface area contributed by atoms with Gasteiger partial charge < -0.3 is 5.32 Å². The Kier molecular flexibility index (Phi) is 5.34. The second-order valence-electron chi connectivity index (χ2n) is 7.83. The van der Waals surface area contributed by atoms with E-state index in [1.165, 1.54) is 27.8 Å². The van der Waals surface area contributed by atoms with E-state index in [1.54, 1.807) is 0 Å². The molecule has 0 aromatic heterocycles. The second kappa shape index (κ2) is 8.58. The predicted octanol–water partition coefficient (Wildman–Crippen LogP) is 6.00. The molecule has 0 spiro atoms. The summed E-state index contributed by atoms with van der Waals surface area (Å²) >= 11 is 0. The molecule has 1 aliphatic rings. The first-order valence-electron chi connectivity index (χ1n) is 10.7. The lowest BCUT2D eigenvalue weighted by Gasteiger charge is -2.30. The van der Waals surface area contributed by atoms with Crippen LogP contribution in [-0.2, 0) is 0 Å². The molecule has 2 unspecified atom stereocenters. The lowest BCUT2D eigenvalue weighted by Crippen LogP contribution is -2.47. The number of aliphatic imine (C=N–C) groups is 1. The number of nitrogens with one attached hydrogen (secondary N) is 2. The van der Waals surface area contributed by atoms with E-state index in [2.05, 4.69) is 115 Å². The molecule has 152 valence electrons. The third-order valence-corrected chi connectivity index (χ3v) is 5.61. The van der Waals surface area contributed by atoms with Gasteiger partial charge in [0, 0.05) is 5.56 Å². The highest BCUT2D eigenvalue weighted by molar-refractivity contribution is 6.00. The highest BCUT2D eigenvalue weighted by Crippen LogP contribution is 2.26. The summed E-state index contributed by atoms with van der Waals surface area (Å²) in [5, 5.41) is 7.07. The smallest absolute Gasteiger partial charge is 0.131 e. The largest absolute Gasteiger partial charge is 0.350 e. The molecule has 3 heteroatoms. The van der Waals surface area contributed by atoms with Crippen molar-refractivity contribution in [3.8, 4) is 22.3 Å². The molecule has 2 atom stereocenters. The fourth-order valence-electron chi connectivity index (χ4n) is 4.00. The summed E-state index contributed by atoms with van der Waals surface area (Å²) in [5.74, 6) is 0.919. The molecule has 0 saturated heterocycles. The highest BCUT2D eigenvalue weighted by atomic mass is 15.3. The van der Waals surface area contributed by atoms with Crippen LogP contribution in [0.2, 0.25) is 0 Å². The van der Waals surface area contributed by atoms with Crippen molar-refractivity contribution in [2.24, 2.45) is 4.99 Å². The van der Waals surface area contributed by atoms with E-state index in [4.69, 9.17) is 4.99 Å². The Morgan fingerprint density at radius 1 is 0.581 bits per heavy atom. The van der Waals surface area contributed by atoms with Gasteiger partial charge in [-0.1, -0.05) is 103 Å². The van der Waals surface area contributed by atoms with E-state index < -0.39 is 0 Å². The van der Waals surface area contributed by atoms with Gasteiger partial charge in [-0.3, -0.25) is 5.32 Å². The van der Waals surface area contributed by atoms with Gasteiger partial charge in [-0.2, -0.15) is 0 Å². The normalized spacial score (nSPS) is 18.2. The standard InChI is InChI=1S/C28H25N3/c1-20-29-27(24-11-6-3-7-12-24)31-28(30-20)26-14-8-13-25(19-26)23-17-15-22(16-18-23)21-9-4-2-5-10-21/h2-20,27,29H,1H3,(H,30,31). The molecule has 0 saturated carbocycles. The zero-order valence-corrected chi connectivity index (χ0v) is 17.5. The SMILES string of the molecule is CC1N=C(c2cccc(-c3ccc(-c4ccccc4)cc3)c2)NC(c2ccccc2)N1. The van der Waals surface area contributed by atoms with Crippen LogP contribution in [0.25, 0.3) is 22.3 Å². The molecule has 1 heterocycles. The van der Waals surface area contributed by atoms with Crippen LogP contribution in [0.15, 0.2) is 114 Å². The molecular weight excluding hydrogens is 378 g/mol. The van der Waals surface area contributed by atoms with Gasteiger partial charge in [0.1, 0.15) is 18.2 Å². The zero-order valence-electron chi connectivity index (χ0n) is 17.5. The molecule has 1 aliphatic heterocycles. The molecule has 0 radical (unpaired) electrons. The Labute approximate surface area is 183 Å². The molecule has 5 rings (SSSR count). The lowest BCUT2D eigenvalue weighted by molar-refractivity contribution is 0.419. The maximum atomic E-state index is 4.81. The van der Waals surface area contributed by atoms with Crippen molar-refractivity contribution in [2.45, 2.75) is 19.3 Å². The minimum Gasteiger partial charge on any atom is -0.350 e. The van der Waals surface area contributed by atoms with Crippen molar-refractivity contribution in [2.75, 3.05) is 0 Å². The fourth-order valence-corrected chi connectivity index (χ4v) is 4.00. The van der Waals surface area contributed by atoms with Crippen LogP contribution < -0.4 is 10.6 Å². The number of hydrogen-bond acceptors (Lipinski definition) is 3. The van der Waals surface area contributed by atoms with Gasteiger partial charge in [0.25, 0.3) is 0 Å². The van der Waals surface area contributed by atoms with E-state index in [1.807, 2.05) is 12.1 Å². The van der Waals surface area contributed by atoms with Crippen molar-refractivity contribution in [1.82, 2.24) is 10.6 Å². The van der Waals surface area contributed by atoms with Crippen LogP contribution in [0.5, 0.6) is 0 Å². The van der Waals surface area contributed by atoms with Gasteiger partial charge in [-0.25, -0.2) is 4.99 Å². The Balaban J connectivity index is 1.41. The monoisotopic (exact) mass is 403 g/mol. The van der Waals surface area contributed by atoms with Crippen LogP contribution >= 0.6 is 0 Å². The molecular formula is C28H25N3. The maximum absolute atomic E-state index is 4.81. The molecule has 0 fully saturated rings. The van der Waals surface area contributed by atoms with Crippen molar-refractivity contribution in [3.63, 3.8) is 0 Å². The molecule has 0 aliphatic carbocycles. The van der Waals surface area contributed by atoms with Crippen LogP contribution in [0.1, 0.15) is 24.2 Å². The number of hydrogen-bond donors (Lipinski definition) is 2. The molecule has 4 aromatic rings. The maximum Gasteiger partial charge on any atom is 0.131 e. The van der Waals surface area contributed by atoms with Crippen molar-refractivity contribution in [3.05, 3.63) is 120 Å². The highest BCUT2D eigenvalue weighted by Gasteiger charge is 2.21. The van der Waals surface area contributed by atoms with Crippen LogP contribution in [-0.4, -0.2) is 12.0 Å². The third kappa shape index (κ3) is 4.27. The average Bonchev–Trinajstić information content (AvgIpc) is 2.85. The van der Waals surface area contributed by atoms with Crippen molar-refractivity contribution < 1.29 is 0 Å². The van der Waals surface area contributed by atoms with Crippen molar-refractivity contribution in [1.29, 1.82) is 0 Å². The quantitative estimate of drug-likeness (QED) is 0.438. The topological polar surface area (TPSA) is 36.4 Å². The zero-order chi connectivity index (χ0) is 21.0. The number of benzene rings is 4. The molecule has 4 aromatic carbocycles.